The molecule has 1 saturated carbocycles. The van der Waals surface area contributed by atoms with Crippen molar-refractivity contribution in [3.8, 4) is 0 Å². The van der Waals surface area contributed by atoms with E-state index in [0.29, 0.717) is 12.3 Å². The average Bonchev–Trinajstić information content (AvgIpc) is 3.03. The molecule has 3 N–H and O–H groups in total. The van der Waals surface area contributed by atoms with Gasteiger partial charge in [-0.3, -0.25) is 14.5 Å². The van der Waals surface area contributed by atoms with Crippen LogP contribution in [-0.2, 0) is 19.1 Å². The lowest BCUT2D eigenvalue weighted by Crippen LogP contribution is -2.52. The Morgan fingerprint density at radius 1 is 1.11 bits per heavy atom. The zero-order valence-corrected chi connectivity index (χ0v) is 24.8. The van der Waals surface area contributed by atoms with E-state index in [9.17, 15) is 14.4 Å². The summed E-state index contributed by atoms with van der Waals surface area (Å²) >= 11 is 0. The van der Waals surface area contributed by atoms with Crippen molar-refractivity contribution in [3.63, 3.8) is 0 Å². The van der Waals surface area contributed by atoms with Crippen molar-refractivity contribution in [2.45, 2.75) is 143 Å². The number of amides is 3. The van der Waals surface area contributed by atoms with E-state index in [2.05, 4.69) is 5.32 Å². The fourth-order valence-electron chi connectivity index (χ4n) is 5.89. The highest BCUT2D eigenvalue weighted by molar-refractivity contribution is 5.87. The molecule has 0 aromatic heterocycles. The molecule has 37 heavy (non-hydrogen) atoms. The molecular formula is C29H53N3O5. The number of nitrogens with zero attached hydrogens (tertiary/aromatic N) is 1. The van der Waals surface area contributed by atoms with E-state index < -0.39 is 23.3 Å². The highest BCUT2D eigenvalue weighted by Gasteiger charge is 2.52. The van der Waals surface area contributed by atoms with Crippen LogP contribution in [0.2, 0.25) is 0 Å². The maximum absolute atomic E-state index is 13.5. The summed E-state index contributed by atoms with van der Waals surface area (Å²) < 4.78 is 12.4. The first-order valence-electron chi connectivity index (χ1n) is 14.4. The summed E-state index contributed by atoms with van der Waals surface area (Å²) in [5, 5.41) is 2.93. The number of hydrogen-bond donors (Lipinski definition) is 2. The van der Waals surface area contributed by atoms with Gasteiger partial charge in [0.15, 0.2) is 0 Å². The van der Waals surface area contributed by atoms with Gasteiger partial charge in [-0.25, -0.2) is 4.79 Å². The summed E-state index contributed by atoms with van der Waals surface area (Å²) in [6.45, 7) is 17.3. The number of primary amides is 1. The van der Waals surface area contributed by atoms with Gasteiger partial charge in [0.05, 0.1) is 12.1 Å². The van der Waals surface area contributed by atoms with Crippen LogP contribution in [0.5, 0.6) is 0 Å². The molecule has 0 bridgehead atoms. The summed E-state index contributed by atoms with van der Waals surface area (Å²) in [4.78, 5) is 40.8. The third kappa shape index (κ3) is 8.59. The predicted molar refractivity (Wildman–Crippen MR) is 146 cm³/mol. The third-order valence-corrected chi connectivity index (χ3v) is 8.12. The second kappa shape index (κ2) is 12.8. The van der Waals surface area contributed by atoms with Crippen LogP contribution in [0.15, 0.2) is 0 Å². The molecule has 2 aliphatic rings. The Balaban J connectivity index is 2.33. The molecule has 0 aromatic carbocycles. The van der Waals surface area contributed by atoms with Crippen molar-refractivity contribution in [3.05, 3.63) is 0 Å². The van der Waals surface area contributed by atoms with E-state index in [1.165, 1.54) is 19.3 Å². The molecule has 214 valence electrons. The van der Waals surface area contributed by atoms with E-state index >= 15 is 0 Å². The first-order chi connectivity index (χ1) is 17.1. The molecule has 1 saturated heterocycles. The fourth-order valence-corrected chi connectivity index (χ4v) is 5.89. The molecule has 0 radical (unpaired) electrons. The zero-order valence-electron chi connectivity index (χ0n) is 24.8. The lowest BCUT2D eigenvalue weighted by atomic mass is 9.81. The Morgan fingerprint density at radius 2 is 1.70 bits per heavy atom. The molecule has 5 atom stereocenters. The van der Waals surface area contributed by atoms with Gasteiger partial charge in [0.1, 0.15) is 17.4 Å². The van der Waals surface area contributed by atoms with Gasteiger partial charge in [-0.2, -0.15) is 0 Å². The minimum Gasteiger partial charge on any atom is -0.444 e. The van der Waals surface area contributed by atoms with E-state index in [-0.39, 0.29) is 41.9 Å². The summed E-state index contributed by atoms with van der Waals surface area (Å²) in [5.41, 5.74) is 4.14. The van der Waals surface area contributed by atoms with Crippen molar-refractivity contribution in [1.29, 1.82) is 0 Å². The summed E-state index contributed by atoms with van der Waals surface area (Å²) in [5.74, 6) is -0.623. The smallest absolute Gasteiger partial charge is 0.412 e. The van der Waals surface area contributed by atoms with Gasteiger partial charge < -0.3 is 20.5 Å². The molecular weight excluding hydrogens is 470 g/mol. The van der Waals surface area contributed by atoms with Crippen molar-refractivity contribution >= 4 is 17.9 Å². The van der Waals surface area contributed by atoms with Gasteiger partial charge in [-0.05, 0) is 65.2 Å². The lowest BCUT2D eigenvalue weighted by molar-refractivity contribution is -0.133. The molecule has 8 heteroatoms. The van der Waals surface area contributed by atoms with Gasteiger partial charge in [-0.1, -0.05) is 66.2 Å². The topological polar surface area (TPSA) is 111 Å². The van der Waals surface area contributed by atoms with Crippen LogP contribution >= 0.6 is 0 Å². The van der Waals surface area contributed by atoms with Crippen LogP contribution in [0.3, 0.4) is 0 Å². The highest BCUT2D eigenvalue weighted by atomic mass is 16.6. The maximum atomic E-state index is 13.5. The number of nitrogens with one attached hydrogen (secondary N) is 1. The normalized spacial score (nSPS) is 25.0. The molecule has 2 rings (SSSR count). The Morgan fingerprint density at radius 3 is 2.19 bits per heavy atom. The van der Waals surface area contributed by atoms with E-state index in [1.807, 2.05) is 62.3 Å². The van der Waals surface area contributed by atoms with Crippen molar-refractivity contribution in [1.82, 2.24) is 10.2 Å². The maximum Gasteiger partial charge on any atom is 0.412 e. The van der Waals surface area contributed by atoms with Crippen LogP contribution in [0.1, 0.15) is 114 Å². The average molecular weight is 524 g/mol. The minimum atomic E-state index is -0.864. The molecule has 2 fully saturated rings. The Kier molecular flexibility index (Phi) is 10.9. The van der Waals surface area contributed by atoms with Crippen molar-refractivity contribution in [2.24, 2.45) is 29.4 Å². The molecule has 0 aromatic rings. The first-order valence-corrected chi connectivity index (χ1v) is 14.4. The summed E-state index contributed by atoms with van der Waals surface area (Å²) in [7, 11) is 0. The summed E-state index contributed by atoms with van der Waals surface area (Å²) in [6, 6.07) is -0.903. The van der Waals surface area contributed by atoms with E-state index in [0.717, 1.165) is 25.7 Å². The first kappa shape index (κ1) is 31.4. The standard InChI is InChI=1S/C29H53N3O5/c1-10-19(4)24(25(30)33)31-26(34)21(18(2)3)17-23-22(16-20-14-12-11-13-15-20)32(29(8,9)36-23)27(35)37-28(5,6)7/h18-24H,10-17H2,1-9H3,(H2,30,33)(H,31,34)/t19-,21-,22-,23-,24-/m0/s1. The number of carbonyl (C=O) groups excluding carboxylic acids is 3. The van der Waals surface area contributed by atoms with Crippen molar-refractivity contribution in [2.75, 3.05) is 0 Å². The van der Waals surface area contributed by atoms with Gasteiger partial charge >= 0.3 is 6.09 Å². The number of rotatable bonds is 10. The number of hydrogen-bond acceptors (Lipinski definition) is 5. The molecule has 0 spiro atoms. The summed E-state index contributed by atoms with van der Waals surface area (Å²) in [6.07, 6.45) is 7.29. The van der Waals surface area contributed by atoms with Crippen LogP contribution in [0.25, 0.3) is 0 Å². The monoisotopic (exact) mass is 523 g/mol. The lowest BCUT2D eigenvalue weighted by Gasteiger charge is -2.37. The van der Waals surface area contributed by atoms with Crippen LogP contribution in [-0.4, -0.2) is 52.3 Å². The van der Waals surface area contributed by atoms with Gasteiger partial charge in [0, 0.05) is 5.92 Å². The number of nitrogens with two attached hydrogens (primary N) is 1. The van der Waals surface area contributed by atoms with Gasteiger partial charge in [0.2, 0.25) is 11.8 Å². The molecule has 8 nitrogen and oxygen atoms in total. The molecule has 1 aliphatic carbocycles. The van der Waals surface area contributed by atoms with Gasteiger partial charge in [-0.15, -0.1) is 0 Å². The molecule has 3 amide bonds. The fraction of sp³-hybridized carbons (Fsp3) is 0.897. The Bertz CT molecular complexity index is 785. The second-order valence-electron chi connectivity index (χ2n) is 13.1. The van der Waals surface area contributed by atoms with Gasteiger partial charge in [0.25, 0.3) is 0 Å². The van der Waals surface area contributed by atoms with E-state index in [4.69, 9.17) is 15.2 Å². The van der Waals surface area contributed by atoms with E-state index in [1.54, 1.807) is 4.90 Å². The number of ether oxygens (including phenoxy) is 2. The minimum absolute atomic E-state index is 0.0167. The molecule has 1 aliphatic heterocycles. The van der Waals surface area contributed by atoms with Crippen molar-refractivity contribution < 1.29 is 23.9 Å². The molecule has 0 unspecified atom stereocenters. The highest BCUT2D eigenvalue weighted by Crippen LogP contribution is 2.42. The molecule has 1 heterocycles. The predicted octanol–water partition coefficient (Wildman–Crippen LogP) is 5.38. The number of carbonyl (C=O) groups is 3. The Labute approximate surface area is 224 Å². The Hall–Kier alpha value is -1.83. The van der Waals surface area contributed by atoms with Crippen LogP contribution < -0.4 is 11.1 Å². The van der Waals surface area contributed by atoms with Crippen LogP contribution in [0, 0.1) is 23.7 Å². The zero-order chi connectivity index (χ0) is 28.1. The quantitative estimate of drug-likeness (QED) is 0.400. The SMILES string of the molecule is CC[C@H](C)[C@H](NC(=O)[C@@H](C[C@@H]1OC(C)(C)N(C(=O)OC(C)(C)C)[C@H]1CC1CCCCC1)C(C)C)C(N)=O. The largest absolute Gasteiger partial charge is 0.444 e. The van der Waals surface area contributed by atoms with Crippen LogP contribution in [0.4, 0.5) is 4.79 Å². The third-order valence-electron chi connectivity index (χ3n) is 8.12. The second-order valence-corrected chi connectivity index (χ2v) is 13.1.